The van der Waals surface area contributed by atoms with Crippen LogP contribution in [0.2, 0.25) is 0 Å². The van der Waals surface area contributed by atoms with Crippen LogP contribution in [-0.4, -0.2) is 20.8 Å². The molecule has 1 N–H and O–H groups in total. The Kier molecular flexibility index (Phi) is 7.57. The van der Waals surface area contributed by atoms with Gasteiger partial charge in [-0.3, -0.25) is 0 Å². The standard InChI is InChI=1S/C16H21NO2S.ClH/c1-12-7-9-20-16(12)11-17-8-6-13-4-5-14(18-2)15(10-13)19-3;/h4-5,7,9-10,17H,6,8,11H2,1-3H3;1H/p-1. The number of aryl methyl sites for hydroxylation is 1. The van der Waals surface area contributed by atoms with E-state index < -0.39 is 0 Å². The predicted octanol–water partition coefficient (Wildman–Crippen LogP) is 0.410. The molecule has 21 heavy (non-hydrogen) atoms. The van der Waals surface area contributed by atoms with Gasteiger partial charge in [-0.2, -0.15) is 0 Å². The third-order valence-electron chi connectivity index (χ3n) is 3.29. The molecule has 2 aromatic rings. The van der Waals surface area contributed by atoms with E-state index in [4.69, 9.17) is 9.47 Å². The Hall–Kier alpha value is -1.23. The maximum atomic E-state index is 5.31. The summed E-state index contributed by atoms with van der Waals surface area (Å²) in [5.74, 6) is 1.57. The summed E-state index contributed by atoms with van der Waals surface area (Å²) < 4.78 is 10.6. The van der Waals surface area contributed by atoms with Crippen molar-refractivity contribution in [3.63, 3.8) is 0 Å². The van der Waals surface area contributed by atoms with Gasteiger partial charge in [-0.15, -0.1) is 11.3 Å². The fourth-order valence-corrected chi connectivity index (χ4v) is 2.93. The van der Waals surface area contributed by atoms with Crippen molar-refractivity contribution < 1.29 is 21.9 Å². The molecule has 0 saturated heterocycles. The molecular weight excluding hydrogens is 306 g/mol. The van der Waals surface area contributed by atoms with Crippen molar-refractivity contribution in [1.82, 2.24) is 5.32 Å². The minimum Gasteiger partial charge on any atom is -1.00 e. The highest BCUT2D eigenvalue weighted by Gasteiger charge is 2.04. The minimum absolute atomic E-state index is 0. The summed E-state index contributed by atoms with van der Waals surface area (Å²) in [6, 6.07) is 8.24. The van der Waals surface area contributed by atoms with Gasteiger partial charge in [0, 0.05) is 11.4 Å². The molecule has 0 unspecified atom stereocenters. The quantitative estimate of drug-likeness (QED) is 0.748. The van der Waals surface area contributed by atoms with E-state index in [9.17, 15) is 0 Å². The number of rotatable bonds is 7. The Morgan fingerprint density at radius 3 is 2.48 bits per heavy atom. The number of hydrogen-bond acceptors (Lipinski definition) is 4. The zero-order valence-corrected chi connectivity index (χ0v) is 14.2. The van der Waals surface area contributed by atoms with E-state index in [0.717, 1.165) is 31.0 Å². The van der Waals surface area contributed by atoms with Gasteiger partial charge in [0.1, 0.15) is 0 Å². The molecule has 0 radical (unpaired) electrons. The highest BCUT2D eigenvalue weighted by molar-refractivity contribution is 7.10. The van der Waals surface area contributed by atoms with E-state index in [2.05, 4.69) is 29.8 Å². The Balaban J connectivity index is 0.00000220. The first kappa shape index (κ1) is 17.8. The van der Waals surface area contributed by atoms with Gasteiger partial charge in [0.2, 0.25) is 0 Å². The van der Waals surface area contributed by atoms with E-state index in [1.54, 1.807) is 14.2 Å². The zero-order chi connectivity index (χ0) is 14.4. The van der Waals surface area contributed by atoms with Crippen molar-refractivity contribution in [1.29, 1.82) is 0 Å². The maximum absolute atomic E-state index is 5.31. The summed E-state index contributed by atoms with van der Waals surface area (Å²) in [4.78, 5) is 1.41. The van der Waals surface area contributed by atoms with Crippen LogP contribution in [-0.2, 0) is 13.0 Å². The molecule has 1 aromatic carbocycles. The van der Waals surface area contributed by atoms with Crippen molar-refractivity contribution in [3.8, 4) is 11.5 Å². The van der Waals surface area contributed by atoms with Crippen LogP contribution in [0.3, 0.4) is 0 Å². The number of methoxy groups -OCH3 is 2. The van der Waals surface area contributed by atoms with Crippen molar-refractivity contribution in [2.45, 2.75) is 19.9 Å². The average Bonchev–Trinajstić information content (AvgIpc) is 2.88. The topological polar surface area (TPSA) is 30.5 Å². The second kappa shape index (κ2) is 8.93. The number of halogens is 1. The smallest absolute Gasteiger partial charge is 0.160 e. The van der Waals surface area contributed by atoms with Crippen LogP contribution in [0.4, 0.5) is 0 Å². The van der Waals surface area contributed by atoms with Gasteiger partial charge >= 0.3 is 0 Å². The molecule has 0 atom stereocenters. The number of thiophene rings is 1. The van der Waals surface area contributed by atoms with Crippen LogP contribution in [0.15, 0.2) is 29.6 Å². The molecule has 0 fully saturated rings. The Bertz CT molecular complexity index is 557. The summed E-state index contributed by atoms with van der Waals surface area (Å²) >= 11 is 1.81. The van der Waals surface area contributed by atoms with Crippen molar-refractivity contribution in [2.75, 3.05) is 20.8 Å². The largest absolute Gasteiger partial charge is 1.00 e. The molecule has 1 aromatic heterocycles. The predicted molar refractivity (Wildman–Crippen MR) is 84.0 cm³/mol. The second-order valence-corrected chi connectivity index (χ2v) is 5.64. The van der Waals surface area contributed by atoms with E-state index in [-0.39, 0.29) is 12.4 Å². The van der Waals surface area contributed by atoms with Crippen molar-refractivity contribution in [2.24, 2.45) is 0 Å². The Labute approximate surface area is 136 Å². The highest BCUT2D eigenvalue weighted by Crippen LogP contribution is 2.27. The minimum atomic E-state index is 0. The first-order valence-electron chi connectivity index (χ1n) is 6.69. The van der Waals surface area contributed by atoms with Gasteiger partial charge in [-0.25, -0.2) is 0 Å². The molecule has 116 valence electrons. The third kappa shape index (κ3) is 4.92. The fourth-order valence-electron chi connectivity index (χ4n) is 2.06. The van der Waals surface area contributed by atoms with Gasteiger partial charge < -0.3 is 27.2 Å². The Morgan fingerprint density at radius 2 is 1.86 bits per heavy atom. The molecular formula is C16H21ClNO2S-. The van der Waals surface area contributed by atoms with Crippen molar-refractivity contribution in [3.05, 3.63) is 45.6 Å². The lowest BCUT2D eigenvalue weighted by atomic mass is 10.1. The molecule has 0 amide bonds. The highest BCUT2D eigenvalue weighted by atomic mass is 35.5. The molecule has 1 heterocycles. The lowest BCUT2D eigenvalue weighted by Gasteiger charge is -2.10. The Morgan fingerprint density at radius 1 is 1.10 bits per heavy atom. The van der Waals surface area contributed by atoms with E-state index >= 15 is 0 Å². The normalized spacial score (nSPS) is 10.0. The van der Waals surface area contributed by atoms with Crippen LogP contribution in [0.5, 0.6) is 11.5 Å². The van der Waals surface area contributed by atoms with Gasteiger partial charge in [-0.05, 0) is 54.6 Å². The number of nitrogens with one attached hydrogen (secondary N) is 1. The molecule has 2 rings (SSSR count). The third-order valence-corrected chi connectivity index (χ3v) is 4.32. The maximum Gasteiger partial charge on any atom is 0.160 e. The summed E-state index contributed by atoms with van der Waals surface area (Å²) in [6.45, 7) is 4.05. The van der Waals surface area contributed by atoms with Gasteiger partial charge in [-0.1, -0.05) is 6.07 Å². The molecule has 0 aliphatic carbocycles. The lowest BCUT2D eigenvalue weighted by molar-refractivity contribution is -0.00000467. The van der Waals surface area contributed by atoms with Gasteiger partial charge in [0.15, 0.2) is 11.5 Å². The fraction of sp³-hybridized carbons (Fsp3) is 0.375. The first-order valence-corrected chi connectivity index (χ1v) is 7.57. The number of hydrogen-bond donors (Lipinski definition) is 1. The second-order valence-electron chi connectivity index (χ2n) is 4.64. The first-order chi connectivity index (χ1) is 9.74. The molecule has 0 aliphatic rings. The number of benzene rings is 1. The summed E-state index contributed by atoms with van der Waals surface area (Å²) in [6.07, 6.45) is 0.977. The van der Waals surface area contributed by atoms with E-state index in [1.165, 1.54) is 16.0 Å². The summed E-state index contributed by atoms with van der Waals surface area (Å²) in [5.41, 5.74) is 2.62. The number of ether oxygens (including phenoxy) is 2. The van der Waals surface area contributed by atoms with Crippen LogP contribution in [0.25, 0.3) is 0 Å². The molecule has 0 saturated carbocycles. The van der Waals surface area contributed by atoms with E-state index in [0.29, 0.717) is 0 Å². The molecule has 0 aliphatic heterocycles. The molecule has 0 bridgehead atoms. The van der Waals surface area contributed by atoms with Crippen LogP contribution < -0.4 is 27.2 Å². The summed E-state index contributed by atoms with van der Waals surface area (Å²) in [5, 5.41) is 5.62. The van der Waals surface area contributed by atoms with Gasteiger partial charge in [0.25, 0.3) is 0 Å². The van der Waals surface area contributed by atoms with Crippen LogP contribution in [0.1, 0.15) is 16.0 Å². The lowest BCUT2D eigenvalue weighted by Crippen LogP contribution is -3.00. The summed E-state index contributed by atoms with van der Waals surface area (Å²) in [7, 11) is 3.32. The zero-order valence-electron chi connectivity index (χ0n) is 12.6. The average molecular weight is 327 g/mol. The van der Waals surface area contributed by atoms with Crippen LogP contribution >= 0.6 is 11.3 Å². The van der Waals surface area contributed by atoms with Gasteiger partial charge in [0.05, 0.1) is 14.2 Å². The van der Waals surface area contributed by atoms with E-state index in [1.807, 2.05) is 23.5 Å². The van der Waals surface area contributed by atoms with Crippen molar-refractivity contribution >= 4 is 11.3 Å². The van der Waals surface area contributed by atoms with Crippen LogP contribution in [0, 0.1) is 6.92 Å². The molecule has 0 spiro atoms. The SMILES string of the molecule is COc1ccc(CCNCc2sccc2C)cc1OC.[Cl-]. The molecule has 5 heteroatoms. The monoisotopic (exact) mass is 326 g/mol. The molecule has 3 nitrogen and oxygen atoms in total.